The number of carboxylic acids is 1. The number of carbonyl (C=O) groups excluding carboxylic acids is 1. The molecule has 0 bridgehead atoms. The van der Waals surface area contributed by atoms with Gasteiger partial charge in [-0.25, -0.2) is 9.78 Å². The average molecular weight is 344 g/mol. The maximum atomic E-state index is 12.6. The van der Waals surface area contributed by atoms with Gasteiger partial charge in [-0.05, 0) is 36.8 Å². The zero-order valence-electron chi connectivity index (χ0n) is 14.1. The number of carboxylic acid groups (broad SMARTS) is 1. The Balaban J connectivity index is 2.02. The molecule has 0 saturated carbocycles. The molecule has 2 rings (SSSR count). The van der Waals surface area contributed by atoms with E-state index in [4.69, 9.17) is 14.6 Å². The Labute approximate surface area is 145 Å². The minimum atomic E-state index is -1.03. The van der Waals surface area contributed by atoms with Crippen LogP contribution in [-0.2, 0) is 11.3 Å². The van der Waals surface area contributed by atoms with Crippen LogP contribution < -0.4 is 9.47 Å². The van der Waals surface area contributed by atoms with Crippen LogP contribution in [0.25, 0.3) is 0 Å². The zero-order chi connectivity index (χ0) is 18.2. The SMILES string of the molecule is CCOc1ncccc1C(=O)N(C)Cc1ccc(OCC(=O)O)cc1. The number of benzene rings is 1. The first-order valence-corrected chi connectivity index (χ1v) is 7.78. The summed E-state index contributed by atoms with van der Waals surface area (Å²) in [5.74, 6) is -0.441. The van der Waals surface area contributed by atoms with Gasteiger partial charge in [0.25, 0.3) is 5.91 Å². The highest BCUT2D eigenvalue weighted by Crippen LogP contribution is 2.18. The number of rotatable bonds is 8. The summed E-state index contributed by atoms with van der Waals surface area (Å²) < 4.78 is 10.5. The average Bonchev–Trinajstić information content (AvgIpc) is 2.61. The number of pyridine rings is 1. The van der Waals surface area contributed by atoms with Crippen molar-refractivity contribution in [1.29, 1.82) is 0 Å². The standard InChI is InChI=1S/C18H20N2O5/c1-3-24-17-15(5-4-10-19-17)18(23)20(2)11-13-6-8-14(9-7-13)25-12-16(21)22/h4-10H,3,11-12H2,1-2H3,(H,21,22). The van der Waals surface area contributed by atoms with E-state index in [0.29, 0.717) is 30.3 Å². The molecule has 25 heavy (non-hydrogen) atoms. The molecule has 0 aliphatic heterocycles. The smallest absolute Gasteiger partial charge is 0.341 e. The van der Waals surface area contributed by atoms with Crippen molar-refractivity contribution in [1.82, 2.24) is 9.88 Å². The monoisotopic (exact) mass is 344 g/mol. The van der Waals surface area contributed by atoms with E-state index in [1.165, 1.54) is 0 Å². The lowest BCUT2D eigenvalue weighted by atomic mass is 10.2. The molecule has 1 N–H and O–H groups in total. The molecule has 1 amide bonds. The van der Waals surface area contributed by atoms with E-state index in [1.54, 1.807) is 54.5 Å². The Morgan fingerprint density at radius 2 is 1.88 bits per heavy atom. The highest BCUT2D eigenvalue weighted by molar-refractivity contribution is 5.96. The normalized spacial score (nSPS) is 10.2. The minimum Gasteiger partial charge on any atom is -0.482 e. The van der Waals surface area contributed by atoms with Crippen molar-refractivity contribution in [2.75, 3.05) is 20.3 Å². The molecular formula is C18H20N2O5. The molecule has 2 aromatic rings. The van der Waals surface area contributed by atoms with E-state index >= 15 is 0 Å². The van der Waals surface area contributed by atoms with Gasteiger partial charge in [0.1, 0.15) is 11.3 Å². The van der Waals surface area contributed by atoms with Gasteiger partial charge < -0.3 is 19.5 Å². The van der Waals surface area contributed by atoms with Crippen LogP contribution in [0.5, 0.6) is 11.6 Å². The number of ether oxygens (including phenoxy) is 2. The van der Waals surface area contributed by atoms with E-state index in [0.717, 1.165) is 5.56 Å². The summed E-state index contributed by atoms with van der Waals surface area (Å²) in [6.45, 7) is 2.26. The van der Waals surface area contributed by atoms with Crippen LogP contribution in [0, 0.1) is 0 Å². The molecule has 0 saturated heterocycles. The van der Waals surface area contributed by atoms with Gasteiger partial charge in [-0.1, -0.05) is 12.1 Å². The van der Waals surface area contributed by atoms with Crippen molar-refractivity contribution in [3.63, 3.8) is 0 Å². The van der Waals surface area contributed by atoms with Crippen LogP contribution in [0.15, 0.2) is 42.6 Å². The molecule has 0 spiro atoms. The Morgan fingerprint density at radius 3 is 2.52 bits per heavy atom. The van der Waals surface area contributed by atoms with E-state index in [2.05, 4.69) is 4.98 Å². The summed E-state index contributed by atoms with van der Waals surface area (Å²) in [6, 6.07) is 10.3. The van der Waals surface area contributed by atoms with Gasteiger partial charge in [-0.3, -0.25) is 4.79 Å². The van der Waals surface area contributed by atoms with E-state index in [1.807, 2.05) is 6.92 Å². The van der Waals surface area contributed by atoms with Gasteiger partial charge in [0, 0.05) is 19.8 Å². The molecule has 0 unspecified atom stereocenters. The number of nitrogens with zero attached hydrogens (tertiary/aromatic N) is 2. The third kappa shape index (κ3) is 5.20. The van der Waals surface area contributed by atoms with Crippen molar-refractivity contribution in [2.24, 2.45) is 0 Å². The minimum absolute atomic E-state index is 0.192. The molecule has 7 nitrogen and oxygen atoms in total. The Bertz CT molecular complexity index is 731. The van der Waals surface area contributed by atoms with Crippen molar-refractivity contribution >= 4 is 11.9 Å². The Hall–Kier alpha value is -3.09. The fourth-order valence-electron chi connectivity index (χ4n) is 2.19. The van der Waals surface area contributed by atoms with Crippen molar-refractivity contribution in [2.45, 2.75) is 13.5 Å². The first-order chi connectivity index (χ1) is 12.0. The molecular weight excluding hydrogens is 324 g/mol. The van der Waals surface area contributed by atoms with Gasteiger partial charge in [0.2, 0.25) is 5.88 Å². The quantitative estimate of drug-likeness (QED) is 0.790. The third-order valence-electron chi connectivity index (χ3n) is 3.33. The Morgan fingerprint density at radius 1 is 1.16 bits per heavy atom. The van der Waals surface area contributed by atoms with Crippen LogP contribution in [0.1, 0.15) is 22.8 Å². The van der Waals surface area contributed by atoms with Gasteiger partial charge in [0.15, 0.2) is 6.61 Å². The van der Waals surface area contributed by atoms with Gasteiger partial charge in [-0.2, -0.15) is 0 Å². The van der Waals surface area contributed by atoms with Gasteiger partial charge in [-0.15, -0.1) is 0 Å². The molecule has 0 radical (unpaired) electrons. The van der Waals surface area contributed by atoms with Gasteiger partial charge >= 0.3 is 5.97 Å². The molecule has 1 aromatic heterocycles. The van der Waals surface area contributed by atoms with E-state index < -0.39 is 5.97 Å². The van der Waals surface area contributed by atoms with Crippen LogP contribution in [-0.4, -0.2) is 47.1 Å². The van der Waals surface area contributed by atoms with Crippen molar-refractivity contribution in [3.05, 3.63) is 53.7 Å². The number of aliphatic carboxylic acids is 1. The van der Waals surface area contributed by atoms with Crippen molar-refractivity contribution < 1.29 is 24.2 Å². The largest absolute Gasteiger partial charge is 0.482 e. The van der Waals surface area contributed by atoms with Crippen LogP contribution in [0.3, 0.4) is 0 Å². The molecule has 0 fully saturated rings. The third-order valence-corrected chi connectivity index (χ3v) is 3.33. The fraction of sp³-hybridized carbons (Fsp3) is 0.278. The molecule has 0 aliphatic carbocycles. The summed E-state index contributed by atoms with van der Waals surface area (Å²) in [5.41, 5.74) is 1.30. The first kappa shape index (κ1) is 18.3. The summed E-state index contributed by atoms with van der Waals surface area (Å²) in [6.07, 6.45) is 1.58. The fourth-order valence-corrected chi connectivity index (χ4v) is 2.19. The topological polar surface area (TPSA) is 89.0 Å². The second-order valence-corrected chi connectivity index (χ2v) is 5.28. The maximum absolute atomic E-state index is 12.6. The van der Waals surface area contributed by atoms with E-state index in [-0.39, 0.29) is 12.5 Å². The molecule has 0 atom stereocenters. The van der Waals surface area contributed by atoms with Crippen LogP contribution in [0.2, 0.25) is 0 Å². The molecule has 0 aliphatic rings. The lowest BCUT2D eigenvalue weighted by Gasteiger charge is -2.18. The number of carbonyl (C=O) groups is 2. The van der Waals surface area contributed by atoms with Gasteiger partial charge in [0.05, 0.1) is 6.61 Å². The predicted molar refractivity (Wildman–Crippen MR) is 90.8 cm³/mol. The van der Waals surface area contributed by atoms with E-state index in [9.17, 15) is 9.59 Å². The lowest BCUT2D eigenvalue weighted by molar-refractivity contribution is -0.139. The number of hydrogen-bond acceptors (Lipinski definition) is 5. The first-order valence-electron chi connectivity index (χ1n) is 7.78. The second kappa shape index (κ2) is 8.68. The number of amides is 1. The summed E-state index contributed by atoms with van der Waals surface area (Å²) in [7, 11) is 1.69. The summed E-state index contributed by atoms with van der Waals surface area (Å²) in [5, 5.41) is 8.59. The molecule has 7 heteroatoms. The molecule has 132 valence electrons. The maximum Gasteiger partial charge on any atom is 0.341 e. The van der Waals surface area contributed by atoms with Crippen LogP contribution in [0.4, 0.5) is 0 Å². The highest BCUT2D eigenvalue weighted by Gasteiger charge is 2.17. The summed E-state index contributed by atoms with van der Waals surface area (Å²) in [4.78, 5) is 28.7. The lowest BCUT2D eigenvalue weighted by Crippen LogP contribution is -2.27. The highest BCUT2D eigenvalue weighted by atomic mass is 16.5. The predicted octanol–water partition coefficient (Wildman–Crippen LogP) is 2.22. The summed E-state index contributed by atoms with van der Waals surface area (Å²) >= 11 is 0. The number of hydrogen-bond donors (Lipinski definition) is 1. The molecule has 1 heterocycles. The zero-order valence-corrected chi connectivity index (χ0v) is 14.1. The number of aromatic nitrogens is 1. The van der Waals surface area contributed by atoms with Crippen LogP contribution >= 0.6 is 0 Å². The van der Waals surface area contributed by atoms with Crippen molar-refractivity contribution in [3.8, 4) is 11.6 Å². The Kier molecular flexibility index (Phi) is 6.33. The second-order valence-electron chi connectivity index (χ2n) is 5.28. The molecule has 1 aromatic carbocycles.